The molecule has 0 saturated carbocycles. The fourth-order valence-corrected chi connectivity index (χ4v) is 1.29. The third-order valence-corrected chi connectivity index (χ3v) is 2.16. The molecule has 0 amide bonds. The van der Waals surface area contributed by atoms with Gasteiger partial charge in [0.25, 0.3) is 0 Å². The third kappa shape index (κ3) is 2.35. The van der Waals surface area contributed by atoms with E-state index in [-0.39, 0.29) is 5.96 Å². The number of nitrogens with two attached hydrogens (primary N) is 2. The van der Waals surface area contributed by atoms with Gasteiger partial charge in [0.2, 0.25) is 5.96 Å². The Hall–Kier alpha value is -1.23. The van der Waals surface area contributed by atoms with Crippen molar-refractivity contribution in [1.82, 2.24) is 0 Å². The highest BCUT2D eigenvalue weighted by molar-refractivity contribution is 9.10. The SMILES string of the molecule is CN(/C(N)=N/N)c1cccc(Br)c1. The van der Waals surface area contributed by atoms with Crippen molar-refractivity contribution < 1.29 is 0 Å². The van der Waals surface area contributed by atoms with Gasteiger partial charge in [-0.25, -0.2) is 0 Å². The van der Waals surface area contributed by atoms with E-state index in [0.717, 1.165) is 10.2 Å². The van der Waals surface area contributed by atoms with E-state index in [1.165, 1.54) is 0 Å². The van der Waals surface area contributed by atoms with E-state index >= 15 is 0 Å². The molecule has 0 aliphatic rings. The lowest BCUT2D eigenvalue weighted by atomic mass is 10.3. The molecule has 13 heavy (non-hydrogen) atoms. The van der Waals surface area contributed by atoms with E-state index in [9.17, 15) is 0 Å². The Kier molecular flexibility index (Phi) is 3.13. The van der Waals surface area contributed by atoms with Gasteiger partial charge in [0.05, 0.1) is 0 Å². The topological polar surface area (TPSA) is 67.6 Å². The average Bonchev–Trinajstić information content (AvgIpc) is 2.15. The van der Waals surface area contributed by atoms with E-state index in [1.54, 1.807) is 11.9 Å². The number of guanidine groups is 1. The lowest BCUT2D eigenvalue weighted by Crippen LogP contribution is -2.34. The van der Waals surface area contributed by atoms with Gasteiger partial charge in [0.15, 0.2) is 0 Å². The maximum atomic E-state index is 5.53. The fourth-order valence-electron chi connectivity index (χ4n) is 0.904. The van der Waals surface area contributed by atoms with Crippen LogP contribution in [0.4, 0.5) is 5.69 Å². The van der Waals surface area contributed by atoms with Crippen LogP contribution in [0.25, 0.3) is 0 Å². The molecule has 0 fully saturated rings. The standard InChI is InChI=1S/C8H11BrN4/c1-13(8(10)12-11)7-4-2-3-6(9)5-7/h2-5H,11H2,1H3,(H2,10,12). The molecule has 0 aliphatic carbocycles. The fraction of sp³-hybridized carbons (Fsp3) is 0.125. The highest BCUT2D eigenvalue weighted by atomic mass is 79.9. The summed E-state index contributed by atoms with van der Waals surface area (Å²) in [6.07, 6.45) is 0. The maximum Gasteiger partial charge on any atom is 0.217 e. The van der Waals surface area contributed by atoms with Crippen LogP contribution < -0.4 is 16.5 Å². The van der Waals surface area contributed by atoms with Gasteiger partial charge < -0.3 is 16.5 Å². The highest BCUT2D eigenvalue weighted by Gasteiger charge is 2.03. The quantitative estimate of drug-likeness (QED) is 0.335. The van der Waals surface area contributed by atoms with Crippen molar-refractivity contribution in [3.8, 4) is 0 Å². The van der Waals surface area contributed by atoms with Crippen LogP contribution >= 0.6 is 15.9 Å². The lowest BCUT2D eigenvalue weighted by Gasteiger charge is -2.17. The molecule has 0 unspecified atom stereocenters. The first-order valence-corrected chi connectivity index (χ1v) is 4.47. The van der Waals surface area contributed by atoms with Crippen LogP contribution in [0.1, 0.15) is 0 Å². The van der Waals surface area contributed by atoms with Crippen LogP contribution in [-0.2, 0) is 0 Å². The van der Waals surface area contributed by atoms with Crippen molar-refractivity contribution in [1.29, 1.82) is 0 Å². The molecule has 0 saturated heterocycles. The Bertz CT molecular complexity index is 324. The zero-order valence-corrected chi connectivity index (χ0v) is 8.82. The first-order valence-electron chi connectivity index (χ1n) is 3.68. The second-order valence-electron chi connectivity index (χ2n) is 2.53. The molecule has 1 rings (SSSR count). The number of hydrazone groups is 1. The summed E-state index contributed by atoms with van der Waals surface area (Å²) in [6, 6.07) is 7.70. The minimum Gasteiger partial charge on any atom is -0.368 e. The second-order valence-corrected chi connectivity index (χ2v) is 3.44. The molecule has 1 aromatic carbocycles. The van der Waals surface area contributed by atoms with E-state index in [2.05, 4.69) is 21.0 Å². The summed E-state index contributed by atoms with van der Waals surface area (Å²) >= 11 is 3.36. The number of hydrogen-bond donors (Lipinski definition) is 2. The molecule has 4 N–H and O–H groups in total. The number of halogens is 1. The van der Waals surface area contributed by atoms with Crippen molar-refractivity contribution in [2.45, 2.75) is 0 Å². The maximum absolute atomic E-state index is 5.53. The van der Waals surface area contributed by atoms with Crippen LogP contribution in [-0.4, -0.2) is 13.0 Å². The number of rotatable bonds is 1. The Labute approximate surface area is 85.3 Å². The van der Waals surface area contributed by atoms with Crippen molar-refractivity contribution >= 4 is 27.6 Å². The van der Waals surface area contributed by atoms with Gasteiger partial charge in [0.1, 0.15) is 0 Å². The first-order chi connectivity index (χ1) is 6.15. The molecular formula is C8H11BrN4. The van der Waals surface area contributed by atoms with Gasteiger partial charge in [-0.15, -0.1) is 5.10 Å². The normalized spacial score (nSPS) is 11.4. The number of benzene rings is 1. The van der Waals surface area contributed by atoms with Gasteiger partial charge >= 0.3 is 0 Å². The van der Waals surface area contributed by atoms with Crippen molar-refractivity contribution in [3.05, 3.63) is 28.7 Å². The summed E-state index contributed by atoms with van der Waals surface area (Å²) in [5, 5.41) is 3.40. The molecule has 4 nitrogen and oxygen atoms in total. The van der Waals surface area contributed by atoms with E-state index in [0.29, 0.717) is 0 Å². The summed E-state index contributed by atoms with van der Waals surface area (Å²) in [4.78, 5) is 1.70. The van der Waals surface area contributed by atoms with E-state index in [1.807, 2.05) is 24.3 Å². The molecular weight excluding hydrogens is 232 g/mol. The van der Waals surface area contributed by atoms with E-state index in [4.69, 9.17) is 11.6 Å². The number of anilines is 1. The van der Waals surface area contributed by atoms with Crippen molar-refractivity contribution in [3.63, 3.8) is 0 Å². The summed E-state index contributed by atoms with van der Waals surface area (Å²) < 4.78 is 0.988. The first kappa shape index (κ1) is 9.85. The summed E-state index contributed by atoms with van der Waals surface area (Å²) in [6.45, 7) is 0. The van der Waals surface area contributed by atoms with Crippen LogP contribution in [0.3, 0.4) is 0 Å². The third-order valence-electron chi connectivity index (χ3n) is 1.67. The van der Waals surface area contributed by atoms with Crippen molar-refractivity contribution in [2.24, 2.45) is 16.7 Å². The Morgan fingerprint density at radius 2 is 2.23 bits per heavy atom. The molecule has 70 valence electrons. The van der Waals surface area contributed by atoms with Gasteiger partial charge in [-0.05, 0) is 18.2 Å². The molecule has 0 aromatic heterocycles. The second kappa shape index (κ2) is 4.13. The van der Waals surface area contributed by atoms with Gasteiger partial charge in [-0.3, -0.25) is 0 Å². The lowest BCUT2D eigenvalue weighted by molar-refractivity contribution is 1.14. The minimum absolute atomic E-state index is 0.276. The van der Waals surface area contributed by atoms with Gasteiger partial charge in [0, 0.05) is 17.2 Å². The Morgan fingerprint density at radius 3 is 2.77 bits per heavy atom. The monoisotopic (exact) mass is 242 g/mol. The van der Waals surface area contributed by atoms with Gasteiger partial charge in [-0.2, -0.15) is 0 Å². The predicted octanol–water partition coefficient (Wildman–Crippen LogP) is 1.07. The predicted molar refractivity (Wildman–Crippen MR) is 58.4 cm³/mol. The molecule has 0 aliphatic heterocycles. The summed E-state index contributed by atoms with van der Waals surface area (Å²) in [5.74, 6) is 5.33. The molecule has 0 radical (unpaired) electrons. The van der Waals surface area contributed by atoms with Crippen molar-refractivity contribution in [2.75, 3.05) is 11.9 Å². The molecule has 0 atom stereocenters. The minimum atomic E-state index is 0.276. The van der Waals surface area contributed by atoms with Crippen LogP contribution in [0.15, 0.2) is 33.8 Å². The smallest absolute Gasteiger partial charge is 0.217 e. The van der Waals surface area contributed by atoms with Crippen LogP contribution in [0.2, 0.25) is 0 Å². The Balaban J connectivity index is 2.95. The number of nitrogens with zero attached hydrogens (tertiary/aromatic N) is 2. The van der Waals surface area contributed by atoms with E-state index < -0.39 is 0 Å². The molecule has 0 bridgehead atoms. The highest BCUT2D eigenvalue weighted by Crippen LogP contribution is 2.18. The van der Waals surface area contributed by atoms with Gasteiger partial charge in [-0.1, -0.05) is 22.0 Å². The molecule has 5 heteroatoms. The molecule has 1 aromatic rings. The molecule has 0 spiro atoms. The largest absolute Gasteiger partial charge is 0.368 e. The Morgan fingerprint density at radius 1 is 1.54 bits per heavy atom. The summed E-state index contributed by atoms with van der Waals surface area (Å²) in [5.41, 5.74) is 6.47. The zero-order chi connectivity index (χ0) is 9.84. The number of hydrogen-bond acceptors (Lipinski definition) is 2. The van der Waals surface area contributed by atoms with Crippen LogP contribution in [0.5, 0.6) is 0 Å². The zero-order valence-electron chi connectivity index (χ0n) is 7.24. The average molecular weight is 243 g/mol. The molecule has 0 heterocycles. The van der Waals surface area contributed by atoms with Crippen LogP contribution in [0, 0.1) is 0 Å². The summed E-state index contributed by atoms with van der Waals surface area (Å²) in [7, 11) is 1.80.